The van der Waals surface area contributed by atoms with Crippen molar-refractivity contribution >= 4 is 16.9 Å². The van der Waals surface area contributed by atoms with E-state index in [0.717, 1.165) is 54.9 Å². The number of amides is 1. The van der Waals surface area contributed by atoms with Gasteiger partial charge in [0.2, 0.25) is 5.91 Å². The molecule has 0 unspecified atom stereocenters. The van der Waals surface area contributed by atoms with Crippen molar-refractivity contribution in [2.75, 3.05) is 13.7 Å². The molecule has 1 heterocycles. The zero-order chi connectivity index (χ0) is 23.8. The average molecular weight is 456 g/mol. The van der Waals surface area contributed by atoms with Gasteiger partial charge < -0.3 is 14.6 Å². The number of hydrogen-bond acceptors (Lipinski definition) is 3. The molecule has 0 saturated carbocycles. The summed E-state index contributed by atoms with van der Waals surface area (Å²) in [6, 6.07) is 24.7. The highest BCUT2D eigenvalue weighted by molar-refractivity contribution is 5.78. The van der Waals surface area contributed by atoms with E-state index in [9.17, 15) is 4.79 Å². The van der Waals surface area contributed by atoms with Gasteiger partial charge in [0.05, 0.1) is 24.6 Å². The number of ether oxygens (including phenoxy) is 1. The highest BCUT2D eigenvalue weighted by atomic mass is 16.5. The first kappa shape index (κ1) is 23.6. The first-order chi connectivity index (χ1) is 16.6. The van der Waals surface area contributed by atoms with E-state index in [1.807, 2.05) is 30.3 Å². The second kappa shape index (κ2) is 11.5. The maximum absolute atomic E-state index is 12.2. The number of carbonyl (C=O) groups is 1. The summed E-state index contributed by atoms with van der Waals surface area (Å²) < 4.78 is 7.51. The molecule has 0 aliphatic heterocycles. The standard InChI is InChI=1S/C29H33N3O2/c1-22-9-8-10-24(19-22)21-32-27-12-6-5-11-26(27)31-28(32)13-4-3-7-18-30-29(33)20-23-14-16-25(34-2)17-15-23/h5-6,8-12,14-17,19H,3-4,7,13,18,20-21H2,1-2H3,(H,30,33). The van der Waals surface area contributed by atoms with E-state index in [0.29, 0.717) is 13.0 Å². The molecule has 5 nitrogen and oxygen atoms in total. The molecule has 4 rings (SSSR count). The molecule has 0 aliphatic rings. The van der Waals surface area contributed by atoms with Crippen molar-refractivity contribution in [2.45, 2.75) is 45.6 Å². The molecule has 5 heteroatoms. The molecule has 0 saturated heterocycles. The fourth-order valence-corrected chi connectivity index (χ4v) is 4.29. The average Bonchev–Trinajstić information content (AvgIpc) is 3.19. The van der Waals surface area contributed by atoms with Crippen LogP contribution < -0.4 is 10.1 Å². The first-order valence-corrected chi connectivity index (χ1v) is 12.0. The lowest BCUT2D eigenvalue weighted by molar-refractivity contribution is -0.120. The Morgan fingerprint density at radius 1 is 0.941 bits per heavy atom. The molecule has 176 valence electrons. The maximum Gasteiger partial charge on any atom is 0.224 e. The summed E-state index contributed by atoms with van der Waals surface area (Å²) in [5.41, 5.74) is 5.80. The molecule has 0 atom stereocenters. The number of para-hydroxylation sites is 2. The third kappa shape index (κ3) is 6.25. The van der Waals surface area contributed by atoms with Crippen molar-refractivity contribution < 1.29 is 9.53 Å². The van der Waals surface area contributed by atoms with Gasteiger partial charge in [-0.25, -0.2) is 4.98 Å². The Bertz CT molecular complexity index is 1230. The number of hydrogen-bond donors (Lipinski definition) is 1. The summed E-state index contributed by atoms with van der Waals surface area (Å²) in [5, 5.41) is 3.04. The second-order valence-electron chi connectivity index (χ2n) is 8.78. The minimum absolute atomic E-state index is 0.0603. The largest absolute Gasteiger partial charge is 0.497 e. The Morgan fingerprint density at radius 3 is 2.56 bits per heavy atom. The Balaban J connectivity index is 1.26. The van der Waals surface area contributed by atoms with Gasteiger partial charge in [-0.15, -0.1) is 0 Å². The normalized spacial score (nSPS) is 11.0. The van der Waals surface area contributed by atoms with Crippen LogP contribution in [0.4, 0.5) is 0 Å². The molecule has 0 fully saturated rings. The molecule has 1 N–H and O–H groups in total. The van der Waals surface area contributed by atoms with E-state index in [-0.39, 0.29) is 5.91 Å². The molecule has 0 spiro atoms. The number of aromatic nitrogens is 2. The van der Waals surface area contributed by atoms with Crippen LogP contribution in [0.5, 0.6) is 5.75 Å². The quantitative estimate of drug-likeness (QED) is 0.305. The molecule has 0 bridgehead atoms. The number of aryl methyl sites for hydroxylation is 2. The summed E-state index contributed by atoms with van der Waals surface area (Å²) in [6.45, 7) is 3.67. The molecular weight excluding hydrogens is 422 g/mol. The summed E-state index contributed by atoms with van der Waals surface area (Å²) in [6.07, 6.45) is 4.39. The van der Waals surface area contributed by atoms with Crippen molar-refractivity contribution in [3.8, 4) is 5.75 Å². The minimum Gasteiger partial charge on any atom is -0.497 e. The van der Waals surface area contributed by atoms with Gasteiger partial charge in [0.25, 0.3) is 0 Å². The van der Waals surface area contributed by atoms with Crippen LogP contribution in [0.2, 0.25) is 0 Å². The molecular formula is C29H33N3O2. The van der Waals surface area contributed by atoms with E-state index in [2.05, 4.69) is 59.3 Å². The monoisotopic (exact) mass is 455 g/mol. The van der Waals surface area contributed by atoms with Gasteiger partial charge in [-0.1, -0.05) is 60.5 Å². The van der Waals surface area contributed by atoms with E-state index in [1.165, 1.54) is 16.6 Å². The Kier molecular flexibility index (Phi) is 7.97. The van der Waals surface area contributed by atoms with Crippen LogP contribution in [0.3, 0.4) is 0 Å². The van der Waals surface area contributed by atoms with Crippen LogP contribution >= 0.6 is 0 Å². The number of nitrogens with zero attached hydrogens (tertiary/aromatic N) is 2. The van der Waals surface area contributed by atoms with Crippen LogP contribution in [0.25, 0.3) is 11.0 Å². The van der Waals surface area contributed by atoms with Crippen LogP contribution in [-0.4, -0.2) is 29.1 Å². The molecule has 3 aromatic carbocycles. The van der Waals surface area contributed by atoms with E-state index in [1.54, 1.807) is 7.11 Å². The topological polar surface area (TPSA) is 56.1 Å². The fourth-order valence-electron chi connectivity index (χ4n) is 4.29. The lowest BCUT2D eigenvalue weighted by atomic mass is 10.1. The summed E-state index contributed by atoms with van der Waals surface area (Å²) >= 11 is 0. The highest BCUT2D eigenvalue weighted by Crippen LogP contribution is 2.20. The Hall–Kier alpha value is -3.60. The van der Waals surface area contributed by atoms with E-state index in [4.69, 9.17) is 9.72 Å². The Labute approximate surface area is 201 Å². The number of rotatable bonds is 11. The molecule has 0 aliphatic carbocycles. The predicted octanol–water partition coefficient (Wildman–Crippen LogP) is 5.47. The van der Waals surface area contributed by atoms with Gasteiger partial charge >= 0.3 is 0 Å². The van der Waals surface area contributed by atoms with Gasteiger partial charge in [0.1, 0.15) is 11.6 Å². The number of imidazole rings is 1. The number of methoxy groups -OCH3 is 1. The van der Waals surface area contributed by atoms with Gasteiger partial charge in [-0.05, 0) is 55.2 Å². The molecule has 4 aromatic rings. The van der Waals surface area contributed by atoms with Crippen molar-refractivity contribution in [3.63, 3.8) is 0 Å². The van der Waals surface area contributed by atoms with Crippen molar-refractivity contribution in [1.29, 1.82) is 0 Å². The molecule has 0 radical (unpaired) electrons. The SMILES string of the molecule is COc1ccc(CC(=O)NCCCCCc2nc3ccccc3n2Cc2cccc(C)c2)cc1. The lowest BCUT2D eigenvalue weighted by Crippen LogP contribution is -2.26. The summed E-state index contributed by atoms with van der Waals surface area (Å²) in [7, 11) is 1.64. The van der Waals surface area contributed by atoms with Crippen LogP contribution in [0, 0.1) is 6.92 Å². The summed E-state index contributed by atoms with van der Waals surface area (Å²) in [5.74, 6) is 1.99. The van der Waals surface area contributed by atoms with Crippen LogP contribution in [0.1, 0.15) is 41.8 Å². The molecule has 1 aromatic heterocycles. The smallest absolute Gasteiger partial charge is 0.224 e. The minimum atomic E-state index is 0.0603. The predicted molar refractivity (Wildman–Crippen MR) is 137 cm³/mol. The van der Waals surface area contributed by atoms with Gasteiger partial charge in [-0.2, -0.15) is 0 Å². The molecule has 1 amide bonds. The van der Waals surface area contributed by atoms with Crippen LogP contribution in [0.15, 0.2) is 72.8 Å². The number of unbranched alkanes of at least 4 members (excludes halogenated alkanes) is 2. The third-order valence-electron chi connectivity index (χ3n) is 6.08. The summed E-state index contributed by atoms with van der Waals surface area (Å²) in [4.78, 5) is 17.1. The Morgan fingerprint density at radius 2 is 1.76 bits per heavy atom. The maximum atomic E-state index is 12.2. The number of carbonyl (C=O) groups excluding carboxylic acids is 1. The van der Waals surface area contributed by atoms with Crippen molar-refractivity contribution in [3.05, 3.63) is 95.3 Å². The third-order valence-corrected chi connectivity index (χ3v) is 6.08. The first-order valence-electron chi connectivity index (χ1n) is 12.0. The molecule has 34 heavy (non-hydrogen) atoms. The lowest BCUT2D eigenvalue weighted by Gasteiger charge is -2.10. The zero-order valence-electron chi connectivity index (χ0n) is 20.1. The van der Waals surface area contributed by atoms with Crippen molar-refractivity contribution in [1.82, 2.24) is 14.9 Å². The van der Waals surface area contributed by atoms with E-state index < -0.39 is 0 Å². The second-order valence-corrected chi connectivity index (χ2v) is 8.78. The highest BCUT2D eigenvalue weighted by Gasteiger charge is 2.11. The zero-order valence-corrected chi connectivity index (χ0v) is 20.1. The fraction of sp³-hybridized carbons (Fsp3) is 0.310. The van der Waals surface area contributed by atoms with Crippen molar-refractivity contribution in [2.24, 2.45) is 0 Å². The number of nitrogens with one attached hydrogen (secondary N) is 1. The van der Waals surface area contributed by atoms with Gasteiger partial charge in [0.15, 0.2) is 0 Å². The number of benzene rings is 3. The van der Waals surface area contributed by atoms with Crippen LogP contribution in [-0.2, 0) is 24.2 Å². The van der Waals surface area contributed by atoms with Gasteiger partial charge in [-0.3, -0.25) is 4.79 Å². The van der Waals surface area contributed by atoms with E-state index >= 15 is 0 Å². The van der Waals surface area contributed by atoms with Gasteiger partial charge in [0, 0.05) is 19.5 Å². The number of fused-ring (bicyclic) bond motifs is 1.